The van der Waals surface area contributed by atoms with E-state index in [9.17, 15) is 0 Å². The zero-order chi connectivity index (χ0) is 35.3. The van der Waals surface area contributed by atoms with Crippen LogP contribution in [0.5, 0.6) is 0 Å². The number of allylic oxidation sites excluding steroid dienone is 8. The molecule has 1 aliphatic heterocycles. The van der Waals surface area contributed by atoms with Crippen molar-refractivity contribution >= 4 is 66.6 Å². The third kappa shape index (κ3) is 6.90. The Balaban J connectivity index is 1.05. The summed E-state index contributed by atoms with van der Waals surface area (Å²) in [5.41, 5.74) is 7.66. The highest BCUT2D eigenvalue weighted by Crippen LogP contribution is 2.51. The van der Waals surface area contributed by atoms with Gasteiger partial charge in [0.25, 0.3) is 5.01 Å². The second-order valence-corrected chi connectivity index (χ2v) is 18.5. The number of benzene rings is 4. The van der Waals surface area contributed by atoms with Crippen molar-refractivity contribution in [3.63, 3.8) is 0 Å². The van der Waals surface area contributed by atoms with Crippen LogP contribution in [0.25, 0.3) is 37.8 Å². The Morgan fingerprint density at radius 3 is 2.37 bits per heavy atom. The lowest BCUT2D eigenvalue weighted by molar-refractivity contribution is -0.665. The number of fused-ring (bicyclic) bond motifs is 6. The van der Waals surface area contributed by atoms with E-state index in [-0.39, 0.29) is 10.8 Å². The number of nitrogens with zero attached hydrogens (tertiary/aromatic N) is 2. The summed E-state index contributed by atoms with van der Waals surface area (Å²) in [6, 6.07) is 26.8. The van der Waals surface area contributed by atoms with E-state index < -0.39 is 0 Å². The summed E-state index contributed by atoms with van der Waals surface area (Å²) in [4.78, 5) is 3.94. The van der Waals surface area contributed by atoms with E-state index in [1.165, 1.54) is 76.4 Å². The van der Waals surface area contributed by atoms with Crippen molar-refractivity contribution in [2.75, 3.05) is 11.4 Å². The molecule has 3 aliphatic rings. The van der Waals surface area contributed by atoms with Crippen LogP contribution in [0.1, 0.15) is 78.7 Å². The SMILES string of the molecule is CCN1/C(=C/C2C/C(=C/C=CC3=C/C(=C/c4sc5c6ccccc6ccc5[n+]4CC)CC(C)(C)C3)CC(C)(C)C2)Sc2c1ccc1ccccc21. The Kier molecular flexibility index (Phi) is 9.13. The van der Waals surface area contributed by atoms with E-state index in [2.05, 4.69) is 160 Å². The fourth-order valence-corrected chi connectivity index (χ4v) is 11.8. The maximum atomic E-state index is 2.60. The van der Waals surface area contributed by atoms with E-state index in [0.717, 1.165) is 32.4 Å². The number of anilines is 1. The lowest BCUT2D eigenvalue weighted by Gasteiger charge is -2.36. The van der Waals surface area contributed by atoms with Crippen molar-refractivity contribution in [1.29, 1.82) is 0 Å². The minimum Gasteiger partial charge on any atom is -0.336 e. The van der Waals surface area contributed by atoms with Crippen LogP contribution < -0.4 is 9.47 Å². The van der Waals surface area contributed by atoms with Crippen molar-refractivity contribution in [2.24, 2.45) is 16.7 Å². The Morgan fingerprint density at radius 1 is 0.843 bits per heavy atom. The van der Waals surface area contributed by atoms with Crippen molar-refractivity contribution < 1.29 is 4.57 Å². The first-order valence-corrected chi connectivity index (χ1v) is 20.5. The van der Waals surface area contributed by atoms with Crippen LogP contribution in [0, 0.1) is 16.7 Å². The molecule has 51 heavy (non-hydrogen) atoms. The van der Waals surface area contributed by atoms with E-state index >= 15 is 0 Å². The number of aryl methyl sites for hydroxylation is 1. The summed E-state index contributed by atoms with van der Waals surface area (Å²) in [7, 11) is 0. The Labute approximate surface area is 313 Å². The number of hydrogen-bond acceptors (Lipinski definition) is 3. The molecule has 4 aromatic carbocycles. The minimum absolute atomic E-state index is 0.227. The molecule has 0 bridgehead atoms. The smallest absolute Gasteiger partial charge is 0.263 e. The van der Waals surface area contributed by atoms with Gasteiger partial charge in [-0.05, 0) is 102 Å². The molecule has 8 rings (SSSR count). The zero-order valence-corrected chi connectivity index (χ0v) is 32.8. The Bertz CT molecular complexity index is 2310. The van der Waals surface area contributed by atoms with E-state index in [1.807, 2.05) is 23.1 Å². The van der Waals surface area contributed by atoms with Crippen molar-refractivity contribution in [1.82, 2.24) is 0 Å². The molecule has 1 atom stereocenters. The van der Waals surface area contributed by atoms with Gasteiger partial charge in [-0.2, -0.15) is 4.57 Å². The molecular formula is C47H51N2S2+. The van der Waals surface area contributed by atoms with E-state index in [0.29, 0.717) is 5.92 Å². The average molecular weight is 708 g/mol. The molecule has 1 aromatic heterocycles. The van der Waals surface area contributed by atoms with Crippen LogP contribution in [0.2, 0.25) is 0 Å². The summed E-state index contributed by atoms with van der Waals surface area (Å²) in [5, 5.41) is 8.13. The monoisotopic (exact) mass is 707 g/mol. The molecule has 1 fully saturated rings. The van der Waals surface area contributed by atoms with Gasteiger partial charge in [-0.25, -0.2) is 0 Å². The van der Waals surface area contributed by atoms with Crippen LogP contribution in [0.15, 0.2) is 130 Å². The molecule has 0 radical (unpaired) electrons. The van der Waals surface area contributed by atoms with E-state index in [1.54, 1.807) is 5.57 Å². The van der Waals surface area contributed by atoms with Gasteiger partial charge in [0.2, 0.25) is 5.52 Å². The maximum Gasteiger partial charge on any atom is 0.263 e. The highest BCUT2D eigenvalue weighted by molar-refractivity contribution is 8.04. The van der Waals surface area contributed by atoms with Crippen LogP contribution in [0.4, 0.5) is 5.69 Å². The highest BCUT2D eigenvalue weighted by Gasteiger charge is 2.33. The maximum absolute atomic E-state index is 2.60. The molecule has 2 heterocycles. The zero-order valence-electron chi connectivity index (χ0n) is 31.1. The highest BCUT2D eigenvalue weighted by atomic mass is 32.2. The normalized spacial score (nSPS) is 22.6. The molecule has 0 N–H and O–H groups in total. The number of aromatic nitrogens is 1. The third-order valence-corrected chi connectivity index (χ3v) is 13.4. The van der Waals surface area contributed by atoms with Gasteiger partial charge in [0, 0.05) is 29.0 Å². The van der Waals surface area contributed by atoms with Gasteiger partial charge < -0.3 is 4.90 Å². The summed E-state index contributed by atoms with van der Waals surface area (Å²) in [5.74, 6) is 0.539. The van der Waals surface area contributed by atoms with Crippen LogP contribution in [0.3, 0.4) is 0 Å². The molecule has 4 heteroatoms. The number of rotatable bonds is 6. The van der Waals surface area contributed by atoms with Gasteiger partial charge in [-0.3, -0.25) is 0 Å². The Hall–Kier alpha value is -3.86. The number of thiazole rings is 1. The lowest BCUT2D eigenvalue weighted by Crippen LogP contribution is -2.33. The fraction of sp³-hybridized carbons (Fsp3) is 0.340. The predicted octanol–water partition coefficient (Wildman–Crippen LogP) is 13.4. The largest absolute Gasteiger partial charge is 0.336 e. The molecule has 1 unspecified atom stereocenters. The second-order valence-electron chi connectivity index (χ2n) is 16.5. The summed E-state index contributed by atoms with van der Waals surface area (Å²) in [6.45, 7) is 16.3. The van der Waals surface area contributed by atoms with E-state index in [4.69, 9.17) is 0 Å². The van der Waals surface area contributed by atoms with Crippen LogP contribution in [-0.2, 0) is 6.54 Å². The van der Waals surface area contributed by atoms with Gasteiger partial charge in [0.1, 0.15) is 11.2 Å². The molecule has 2 aliphatic carbocycles. The standard InChI is InChI=1S/C47H51N2S2/c1-7-48-40-22-20-36-16-9-11-18-38(36)44(40)50-42(48)26-34-24-32(28-46(3,4)30-34)14-13-15-33-25-35(31-47(5,6)29-33)27-43-49(8-2)41-23-21-37-17-10-12-19-39(37)45(41)51-43/h9-24,26-27,35H,7-8,25,28-31H2,1-6H3/q+1/b14-13?,33-15-,34-26-,43-27-. The molecule has 1 saturated carbocycles. The molecule has 260 valence electrons. The third-order valence-electron chi connectivity index (χ3n) is 11.0. The summed E-state index contributed by atoms with van der Waals surface area (Å²) >= 11 is 3.91. The van der Waals surface area contributed by atoms with Gasteiger partial charge in [0.15, 0.2) is 0 Å². The molecule has 0 amide bonds. The number of hydrogen-bond donors (Lipinski definition) is 0. The van der Waals surface area contributed by atoms with Gasteiger partial charge in [-0.1, -0.05) is 141 Å². The van der Waals surface area contributed by atoms with Crippen molar-refractivity contribution in [3.8, 4) is 0 Å². The average Bonchev–Trinajstić information content (AvgIpc) is 3.63. The summed E-state index contributed by atoms with van der Waals surface area (Å²) in [6.07, 6.45) is 20.5. The van der Waals surface area contributed by atoms with Crippen molar-refractivity contribution in [2.45, 2.75) is 85.1 Å². The second kappa shape index (κ2) is 13.6. The van der Waals surface area contributed by atoms with Crippen LogP contribution >= 0.6 is 23.1 Å². The molecule has 2 nitrogen and oxygen atoms in total. The minimum atomic E-state index is 0.227. The van der Waals surface area contributed by atoms with Gasteiger partial charge in [0.05, 0.1) is 10.7 Å². The van der Waals surface area contributed by atoms with Crippen molar-refractivity contribution in [3.05, 3.63) is 130 Å². The molecule has 5 aromatic rings. The molecule has 0 saturated heterocycles. The lowest BCUT2D eigenvalue weighted by atomic mass is 9.70. The number of thioether (sulfide) groups is 1. The molecular weight excluding hydrogens is 657 g/mol. The first kappa shape index (κ1) is 34.2. The first-order valence-electron chi connectivity index (χ1n) is 18.9. The quantitative estimate of drug-likeness (QED) is 0.162. The summed E-state index contributed by atoms with van der Waals surface area (Å²) < 4.78 is 3.89. The van der Waals surface area contributed by atoms with Gasteiger partial charge >= 0.3 is 0 Å². The molecule has 0 spiro atoms. The van der Waals surface area contributed by atoms with Crippen LogP contribution in [-0.4, -0.2) is 6.54 Å². The topological polar surface area (TPSA) is 7.12 Å². The first-order chi connectivity index (χ1) is 24.6. The fourth-order valence-electron chi connectivity index (χ4n) is 9.04. The van der Waals surface area contributed by atoms with Gasteiger partial charge in [-0.15, -0.1) is 0 Å². The Morgan fingerprint density at radius 2 is 1.59 bits per heavy atom. The predicted molar refractivity (Wildman–Crippen MR) is 224 cm³/mol.